The third kappa shape index (κ3) is 10.4. The second-order valence-electron chi connectivity index (χ2n) is 9.76. The average molecular weight is 622 g/mol. The van der Waals surface area contributed by atoms with Crippen LogP contribution in [0.4, 0.5) is 18.9 Å². The molecule has 0 radical (unpaired) electrons. The van der Waals surface area contributed by atoms with Crippen LogP contribution in [0.5, 0.6) is 0 Å². The summed E-state index contributed by atoms with van der Waals surface area (Å²) in [6.07, 6.45) is -1.36. The second-order valence-corrected chi connectivity index (χ2v) is 9.76. The van der Waals surface area contributed by atoms with E-state index >= 15 is 0 Å². The molecule has 238 valence electrons. The molecule has 12 nitrogen and oxygen atoms in total. The molecule has 6 N–H and O–H groups in total. The highest BCUT2D eigenvalue weighted by atomic mass is 19.4. The minimum absolute atomic E-state index is 0.0633. The molecule has 3 rings (SSSR count). The van der Waals surface area contributed by atoms with Crippen LogP contribution >= 0.6 is 0 Å². The lowest BCUT2D eigenvalue weighted by molar-refractivity contribution is -0.192. The summed E-state index contributed by atoms with van der Waals surface area (Å²) in [5.41, 5.74) is 7.93. The summed E-state index contributed by atoms with van der Waals surface area (Å²) in [5, 5.41) is 26.2. The number of aliphatic carboxylic acids is 2. The second kappa shape index (κ2) is 16.0. The lowest BCUT2D eigenvalue weighted by Crippen LogP contribution is -2.42. The minimum atomic E-state index is -5.08. The van der Waals surface area contributed by atoms with Gasteiger partial charge in [-0.3, -0.25) is 24.6 Å². The number of hydrogen-bond donors (Lipinski definition) is 5. The minimum Gasteiger partial charge on any atom is -0.481 e. The number of rotatable bonds is 11. The van der Waals surface area contributed by atoms with Crippen LogP contribution in [0.3, 0.4) is 0 Å². The molecule has 44 heavy (non-hydrogen) atoms. The number of unbranched alkanes of at least 4 members (excludes halogenated alkanes) is 2. The molecule has 2 aromatic carbocycles. The van der Waals surface area contributed by atoms with E-state index in [1.54, 1.807) is 30.3 Å². The number of nitrogens with zero attached hydrogens (tertiary/aromatic N) is 2. The number of carboxylic acid groups (broad SMARTS) is 2. The van der Waals surface area contributed by atoms with Gasteiger partial charge in [-0.1, -0.05) is 31.5 Å². The number of hydrogen-bond acceptors (Lipinski definition) is 6. The Morgan fingerprint density at radius 3 is 2.16 bits per heavy atom. The van der Waals surface area contributed by atoms with Gasteiger partial charge in [-0.25, -0.2) is 9.69 Å². The van der Waals surface area contributed by atoms with Crippen LogP contribution in [0.2, 0.25) is 0 Å². The molecule has 1 aliphatic heterocycles. The van der Waals surface area contributed by atoms with Gasteiger partial charge >= 0.3 is 18.1 Å². The molecular weight excluding hydrogens is 587 g/mol. The molecule has 0 unspecified atom stereocenters. The van der Waals surface area contributed by atoms with Gasteiger partial charge in [-0.2, -0.15) is 13.2 Å². The Balaban J connectivity index is 0.000000860. The van der Waals surface area contributed by atoms with Crippen molar-refractivity contribution in [3.63, 3.8) is 0 Å². The van der Waals surface area contributed by atoms with E-state index in [1.165, 1.54) is 4.90 Å². The molecule has 0 spiro atoms. The number of nitrogens with one attached hydrogen (secondary N) is 2. The third-order valence-corrected chi connectivity index (χ3v) is 6.50. The first-order valence-corrected chi connectivity index (χ1v) is 13.6. The molecular formula is C29H34F3N5O7. The molecule has 0 atom stereocenters. The molecule has 0 bridgehead atoms. The maximum atomic E-state index is 13.5. The molecule has 1 heterocycles. The molecule has 0 aromatic heterocycles. The van der Waals surface area contributed by atoms with Gasteiger partial charge in [0.05, 0.1) is 17.7 Å². The number of anilines is 1. The number of nitrogens with two attached hydrogens (primary N) is 1. The highest BCUT2D eigenvalue weighted by Crippen LogP contribution is 2.29. The number of alkyl halides is 3. The summed E-state index contributed by atoms with van der Waals surface area (Å²) in [4.78, 5) is 62.4. The highest BCUT2D eigenvalue weighted by Gasteiger charge is 2.38. The van der Waals surface area contributed by atoms with Crippen LogP contribution in [0, 0.1) is 5.41 Å². The van der Waals surface area contributed by atoms with Crippen LogP contribution in [0.15, 0.2) is 42.5 Å². The summed E-state index contributed by atoms with van der Waals surface area (Å²) in [6.45, 7) is 2.08. The zero-order valence-corrected chi connectivity index (χ0v) is 23.9. The van der Waals surface area contributed by atoms with E-state index in [0.29, 0.717) is 18.5 Å². The van der Waals surface area contributed by atoms with Crippen molar-refractivity contribution in [2.45, 2.75) is 51.6 Å². The van der Waals surface area contributed by atoms with Gasteiger partial charge in [0.25, 0.3) is 17.7 Å². The lowest BCUT2D eigenvalue weighted by atomic mass is 10.0. The summed E-state index contributed by atoms with van der Waals surface area (Å²) < 4.78 is 31.7. The highest BCUT2D eigenvalue weighted by molar-refractivity contribution is 6.25. The molecule has 0 aliphatic carbocycles. The van der Waals surface area contributed by atoms with Gasteiger partial charge in [-0.05, 0) is 61.1 Å². The number of fused-ring (bicyclic) bond motifs is 1. The zero-order chi connectivity index (χ0) is 33.0. The first kappa shape index (κ1) is 35.2. The van der Waals surface area contributed by atoms with Crippen LogP contribution < -0.4 is 16.0 Å². The lowest BCUT2D eigenvalue weighted by Gasteiger charge is -2.21. The number of benzene rings is 2. The molecule has 0 fully saturated rings. The molecule has 0 saturated heterocycles. The van der Waals surface area contributed by atoms with Crippen molar-refractivity contribution in [2.75, 3.05) is 24.5 Å². The van der Waals surface area contributed by atoms with Crippen molar-refractivity contribution < 1.29 is 47.4 Å². The number of carboxylic acids is 2. The fourth-order valence-corrected chi connectivity index (χ4v) is 4.22. The number of imide groups is 1. The summed E-state index contributed by atoms with van der Waals surface area (Å²) in [6, 6.07) is 12.1. The van der Waals surface area contributed by atoms with E-state index in [4.69, 9.17) is 26.2 Å². The number of guanidine groups is 1. The molecule has 1 aliphatic rings. The van der Waals surface area contributed by atoms with Crippen molar-refractivity contribution in [3.8, 4) is 0 Å². The van der Waals surface area contributed by atoms with Crippen LogP contribution in [-0.4, -0.2) is 76.5 Å². The van der Waals surface area contributed by atoms with Crippen molar-refractivity contribution in [1.82, 2.24) is 10.2 Å². The van der Waals surface area contributed by atoms with Crippen molar-refractivity contribution in [2.24, 2.45) is 5.73 Å². The Labute approximate surface area is 251 Å². The van der Waals surface area contributed by atoms with E-state index in [2.05, 4.69) is 5.32 Å². The number of aryl methyl sites for hydroxylation is 2. The Bertz CT molecular complexity index is 1380. The van der Waals surface area contributed by atoms with Crippen LogP contribution in [0.25, 0.3) is 0 Å². The van der Waals surface area contributed by atoms with Gasteiger partial charge in [0.1, 0.15) is 6.54 Å². The normalized spacial score (nSPS) is 12.9. The predicted molar refractivity (Wildman–Crippen MR) is 153 cm³/mol. The summed E-state index contributed by atoms with van der Waals surface area (Å²) >= 11 is 0. The molecule has 0 saturated carbocycles. The maximum Gasteiger partial charge on any atom is 0.490 e. The first-order chi connectivity index (χ1) is 20.6. The van der Waals surface area contributed by atoms with E-state index in [-0.39, 0.29) is 30.2 Å². The van der Waals surface area contributed by atoms with Crippen LogP contribution in [0.1, 0.15) is 64.4 Å². The number of amides is 3. The van der Waals surface area contributed by atoms with E-state index in [1.807, 2.05) is 19.1 Å². The Morgan fingerprint density at radius 1 is 1.00 bits per heavy atom. The molecule has 2 aromatic rings. The fourth-order valence-electron chi connectivity index (χ4n) is 4.22. The average Bonchev–Trinajstić information content (AvgIpc) is 3.06. The molecule has 3 amide bonds. The number of halogens is 3. The SMILES string of the molecule is CCc1ccc(C(=O)N2C(=O)CN(CCC(=O)O)C(=O)c3cc(CCCCCNC(=N)N)ccc32)cc1.O=C(O)C(F)(F)F. The summed E-state index contributed by atoms with van der Waals surface area (Å²) in [5.74, 6) is -5.50. The Hall–Kier alpha value is -4.95. The number of carbonyl (C=O) groups excluding carboxylic acids is 3. The third-order valence-electron chi connectivity index (χ3n) is 6.50. The maximum absolute atomic E-state index is 13.5. The first-order valence-electron chi connectivity index (χ1n) is 13.6. The Morgan fingerprint density at radius 2 is 1.61 bits per heavy atom. The van der Waals surface area contributed by atoms with E-state index in [9.17, 15) is 32.3 Å². The Kier molecular flexibility index (Phi) is 12.9. The van der Waals surface area contributed by atoms with Gasteiger partial charge in [0.2, 0.25) is 0 Å². The van der Waals surface area contributed by atoms with Crippen LogP contribution in [-0.2, 0) is 27.2 Å². The molecule has 15 heteroatoms. The van der Waals surface area contributed by atoms with E-state index in [0.717, 1.165) is 41.7 Å². The van der Waals surface area contributed by atoms with Crippen molar-refractivity contribution >= 4 is 41.3 Å². The van der Waals surface area contributed by atoms with Gasteiger partial charge in [0, 0.05) is 18.7 Å². The largest absolute Gasteiger partial charge is 0.490 e. The smallest absolute Gasteiger partial charge is 0.481 e. The van der Waals surface area contributed by atoms with Gasteiger partial charge in [-0.15, -0.1) is 0 Å². The predicted octanol–water partition coefficient (Wildman–Crippen LogP) is 3.18. The van der Waals surface area contributed by atoms with E-state index < -0.39 is 42.4 Å². The van der Waals surface area contributed by atoms with Gasteiger partial charge < -0.3 is 26.2 Å². The standard InChI is InChI=1S/C27H33N5O5.C2HF3O2/c1-2-18-7-10-20(11-8-18)25(36)32-22-12-9-19(6-4-3-5-14-30-27(28)29)16-21(22)26(37)31(17-23(32)33)15-13-24(34)35;3-2(4,5)1(6)7/h7-12,16H,2-6,13-15,17H2,1H3,(H,34,35)(H4,28,29,30);(H,6,7). The zero-order valence-electron chi connectivity index (χ0n) is 23.9. The topological polar surface area (TPSA) is 194 Å². The summed E-state index contributed by atoms with van der Waals surface area (Å²) in [7, 11) is 0. The van der Waals surface area contributed by atoms with Gasteiger partial charge in [0.15, 0.2) is 5.96 Å². The number of carbonyl (C=O) groups is 5. The van der Waals surface area contributed by atoms with Crippen molar-refractivity contribution in [3.05, 3.63) is 64.7 Å². The monoisotopic (exact) mass is 621 g/mol. The fraction of sp³-hybridized carbons (Fsp3) is 0.379. The van der Waals surface area contributed by atoms with Crippen molar-refractivity contribution in [1.29, 1.82) is 5.41 Å². The quantitative estimate of drug-likeness (QED) is 0.108.